The lowest BCUT2D eigenvalue weighted by Gasteiger charge is -2.38. The molecule has 0 radical (unpaired) electrons. The van der Waals surface area contributed by atoms with Crippen LogP contribution >= 0.6 is 0 Å². The molecule has 0 bridgehead atoms. The van der Waals surface area contributed by atoms with Crippen LogP contribution in [0, 0.1) is 11.8 Å². The Morgan fingerprint density at radius 1 is 1.56 bits per heavy atom. The molecule has 1 fully saturated rings. The first-order valence-corrected chi connectivity index (χ1v) is 6.10. The van der Waals surface area contributed by atoms with Crippen LogP contribution in [0.25, 0.3) is 0 Å². The molecule has 1 aliphatic carbocycles. The third-order valence-corrected chi connectivity index (χ3v) is 3.90. The zero-order chi connectivity index (χ0) is 11.8. The highest BCUT2D eigenvalue weighted by Crippen LogP contribution is 2.41. The molecule has 1 aromatic heterocycles. The van der Waals surface area contributed by atoms with Gasteiger partial charge in [-0.1, -0.05) is 19.1 Å². The van der Waals surface area contributed by atoms with Gasteiger partial charge in [0.2, 0.25) is 0 Å². The number of rotatable bonds is 2. The van der Waals surface area contributed by atoms with Crippen LogP contribution in [0.3, 0.4) is 0 Å². The fourth-order valence-corrected chi connectivity index (χ4v) is 2.81. The molecule has 0 aromatic carbocycles. The standard InChI is InChI=1S/C12H21N3O/c1-9(2)10-5-4-6-12(16,7-10)11-8-13-14-15(11)3/h8-10,16H,4-7H2,1-3H3. The molecule has 0 spiro atoms. The van der Waals surface area contributed by atoms with Gasteiger partial charge in [0, 0.05) is 7.05 Å². The summed E-state index contributed by atoms with van der Waals surface area (Å²) in [6.07, 6.45) is 5.68. The molecular weight excluding hydrogens is 202 g/mol. The summed E-state index contributed by atoms with van der Waals surface area (Å²) in [5.41, 5.74) is 0.142. The van der Waals surface area contributed by atoms with E-state index < -0.39 is 5.60 Å². The summed E-state index contributed by atoms with van der Waals surface area (Å²) in [4.78, 5) is 0. The van der Waals surface area contributed by atoms with E-state index in [2.05, 4.69) is 24.2 Å². The lowest BCUT2D eigenvalue weighted by Crippen LogP contribution is -2.36. The molecule has 0 amide bonds. The average molecular weight is 223 g/mol. The van der Waals surface area contributed by atoms with Crippen molar-refractivity contribution in [2.24, 2.45) is 18.9 Å². The maximum Gasteiger partial charge on any atom is 0.108 e. The van der Waals surface area contributed by atoms with Crippen molar-refractivity contribution in [2.45, 2.75) is 45.1 Å². The van der Waals surface area contributed by atoms with Gasteiger partial charge >= 0.3 is 0 Å². The summed E-state index contributed by atoms with van der Waals surface area (Å²) >= 11 is 0. The second-order valence-electron chi connectivity index (χ2n) is 5.37. The highest BCUT2D eigenvalue weighted by Gasteiger charge is 2.39. The maximum absolute atomic E-state index is 10.7. The molecule has 2 unspecified atom stereocenters. The molecule has 1 saturated carbocycles. The molecule has 1 aliphatic rings. The molecule has 4 nitrogen and oxygen atoms in total. The quantitative estimate of drug-likeness (QED) is 0.832. The van der Waals surface area contributed by atoms with E-state index in [1.165, 1.54) is 6.42 Å². The molecule has 90 valence electrons. The summed E-state index contributed by atoms with van der Waals surface area (Å²) < 4.78 is 1.70. The van der Waals surface area contributed by atoms with Gasteiger partial charge < -0.3 is 5.11 Å². The Morgan fingerprint density at radius 2 is 2.31 bits per heavy atom. The molecule has 2 rings (SSSR count). The smallest absolute Gasteiger partial charge is 0.108 e. The minimum atomic E-state index is -0.717. The molecule has 0 saturated heterocycles. The zero-order valence-corrected chi connectivity index (χ0v) is 10.3. The van der Waals surface area contributed by atoms with Crippen LogP contribution in [-0.4, -0.2) is 20.1 Å². The van der Waals surface area contributed by atoms with Crippen molar-refractivity contribution in [1.82, 2.24) is 15.0 Å². The second-order valence-corrected chi connectivity index (χ2v) is 5.37. The Morgan fingerprint density at radius 3 is 2.88 bits per heavy atom. The predicted molar refractivity (Wildman–Crippen MR) is 61.7 cm³/mol. The van der Waals surface area contributed by atoms with Gasteiger partial charge in [-0.2, -0.15) is 0 Å². The minimum Gasteiger partial charge on any atom is -0.383 e. The summed E-state index contributed by atoms with van der Waals surface area (Å²) in [6, 6.07) is 0. The Hall–Kier alpha value is -0.900. The first-order valence-electron chi connectivity index (χ1n) is 6.10. The van der Waals surface area contributed by atoms with Crippen molar-refractivity contribution in [3.63, 3.8) is 0 Å². The number of aryl methyl sites for hydroxylation is 1. The average Bonchev–Trinajstić information content (AvgIpc) is 2.65. The van der Waals surface area contributed by atoms with Crippen LogP contribution in [-0.2, 0) is 12.6 Å². The number of hydrogen-bond donors (Lipinski definition) is 1. The predicted octanol–water partition coefficient (Wildman–Crippen LogP) is 1.85. The zero-order valence-electron chi connectivity index (χ0n) is 10.3. The van der Waals surface area contributed by atoms with Gasteiger partial charge in [0.25, 0.3) is 0 Å². The van der Waals surface area contributed by atoms with Gasteiger partial charge in [-0.25, -0.2) is 4.68 Å². The van der Waals surface area contributed by atoms with Crippen LogP contribution in [0.2, 0.25) is 0 Å². The van der Waals surface area contributed by atoms with E-state index in [0.717, 1.165) is 25.0 Å². The lowest BCUT2D eigenvalue weighted by atomic mass is 9.72. The Kier molecular flexibility index (Phi) is 3.02. The Labute approximate surface area is 96.7 Å². The molecule has 0 aliphatic heterocycles. The van der Waals surface area contributed by atoms with Gasteiger partial charge in [-0.15, -0.1) is 5.10 Å². The third kappa shape index (κ3) is 1.98. The molecule has 16 heavy (non-hydrogen) atoms. The first kappa shape index (κ1) is 11.6. The van der Waals surface area contributed by atoms with Crippen LogP contribution < -0.4 is 0 Å². The van der Waals surface area contributed by atoms with E-state index >= 15 is 0 Å². The van der Waals surface area contributed by atoms with E-state index in [4.69, 9.17) is 0 Å². The summed E-state index contributed by atoms with van der Waals surface area (Å²) in [7, 11) is 1.85. The minimum absolute atomic E-state index is 0.605. The van der Waals surface area contributed by atoms with Gasteiger partial charge in [-0.05, 0) is 37.5 Å². The fraction of sp³-hybridized carbons (Fsp3) is 0.833. The summed E-state index contributed by atoms with van der Waals surface area (Å²) in [6.45, 7) is 4.47. The van der Waals surface area contributed by atoms with Gasteiger partial charge in [0.1, 0.15) is 5.60 Å². The lowest BCUT2D eigenvalue weighted by molar-refractivity contribution is -0.0358. The summed E-state index contributed by atoms with van der Waals surface area (Å²) in [5, 5.41) is 18.5. The maximum atomic E-state index is 10.7. The molecule has 4 heteroatoms. The first-order chi connectivity index (χ1) is 7.53. The van der Waals surface area contributed by atoms with E-state index in [-0.39, 0.29) is 0 Å². The number of aromatic nitrogens is 3. The van der Waals surface area contributed by atoms with Crippen LogP contribution in [0.15, 0.2) is 6.20 Å². The van der Waals surface area contributed by atoms with Crippen molar-refractivity contribution < 1.29 is 5.11 Å². The van der Waals surface area contributed by atoms with Crippen molar-refractivity contribution in [2.75, 3.05) is 0 Å². The normalized spacial score (nSPS) is 30.9. The van der Waals surface area contributed by atoms with Gasteiger partial charge in [0.15, 0.2) is 0 Å². The number of aliphatic hydroxyl groups is 1. The summed E-state index contributed by atoms with van der Waals surface area (Å²) in [5.74, 6) is 1.24. The molecular formula is C12H21N3O. The van der Waals surface area contributed by atoms with Gasteiger partial charge in [-0.3, -0.25) is 0 Å². The van der Waals surface area contributed by atoms with Crippen molar-refractivity contribution in [1.29, 1.82) is 0 Å². The van der Waals surface area contributed by atoms with Crippen molar-refractivity contribution >= 4 is 0 Å². The number of hydrogen-bond acceptors (Lipinski definition) is 3. The highest BCUT2D eigenvalue weighted by atomic mass is 16.3. The number of nitrogens with zero attached hydrogens (tertiary/aromatic N) is 3. The van der Waals surface area contributed by atoms with Crippen LogP contribution in [0.5, 0.6) is 0 Å². The third-order valence-electron chi connectivity index (χ3n) is 3.90. The Balaban J connectivity index is 2.22. The SMILES string of the molecule is CC(C)C1CCCC(O)(c2cnnn2C)C1. The second kappa shape index (κ2) is 4.17. The van der Waals surface area contributed by atoms with E-state index in [1.54, 1.807) is 10.9 Å². The highest BCUT2D eigenvalue weighted by molar-refractivity contribution is 5.09. The molecule has 1 heterocycles. The van der Waals surface area contributed by atoms with E-state index in [0.29, 0.717) is 11.8 Å². The Bertz CT molecular complexity index is 361. The van der Waals surface area contributed by atoms with E-state index in [9.17, 15) is 5.11 Å². The fourth-order valence-electron chi connectivity index (χ4n) is 2.81. The largest absolute Gasteiger partial charge is 0.383 e. The van der Waals surface area contributed by atoms with Crippen LogP contribution in [0.1, 0.15) is 45.2 Å². The van der Waals surface area contributed by atoms with Crippen molar-refractivity contribution in [3.8, 4) is 0 Å². The van der Waals surface area contributed by atoms with Gasteiger partial charge in [0.05, 0.1) is 11.9 Å². The molecule has 1 N–H and O–H groups in total. The monoisotopic (exact) mass is 223 g/mol. The molecule has 1 aromatic rings. The van der Waals surface area contributed by atoms with Crippen LogP contribution in [0.4, 0.5) is 0 Å². The van der Waals surface area contributed by atoms with E-state index in [1.807, 2.05) is 7.05 Å². The topological polar surface area (TPSA) is 50.9 Å². The van der Waals surface area contributed by atoms with Crippen molar-refractivity contribution in [3.05, 3.63) is 11.9 Å². The molecule has 2 atom stereocenters.